The summed E-state index contributed by atoms with van der Waals surface area (Å²) in [5.41, 5.74) is 0.965. The molecule has 0 saturated carbocycles. The van der Waals surface area contributed by atoms with Gasteiger partial charge in [-0.3, -0.25) is 9.10 Å². The van der Waals surface area contributed by atoms with Crippen molar-refractivity contribution in [3.63, 3.8) is 0 Å². The van der Waals surface area contributed by atoms with E-state index in [0.29, 0.717) is 23.5 Å². The van der Waals surface area contributed by atoms with Crippen molar-refractivity contribution in [1.29, 1.82) is 0 Å². The van der Waals surface area contributed by atoms with Crippen LogP contribution >= 0.6 is 0 Å². The lowest BCUT2D eigenvalue weighted by atomic mass is 10.2. The average Bonchev–Trinajstić information content (AvgIpc) is 2.60. The summed E-state index contributed by atoms with van der Waals surface area (Å²) in [5.74, 6) is -0.293. The molecule has 140 valence electrons. The van der Waals surface area contributed by atoms with Crippen LogP contribution in [0.2, 0.25) is 0 Å². The maximum absolute atomic E-state index is 12.9. The summed E-state index contributed by atoms with van der Waals surface area (Å²) < 4.78 is 42.8. The number of carbonyl (C=O) groups is 1. The summed E-state index contributed by atoms with van der Waals surface area (Å²) in [6.45, 7) is 1.81. The molecule has 26 heavy (non-hydrogen) atoms. The Labute approximate surface area is 152 Å². The molecule has 0 aliphatic heterocycles. The molecular formula is C18H21FN2O4S. The average molecular weight is 380 g/mol. The first-order chi connectivity index (χ1) is 12.2. The van der Waals surface area contributed by atoms with E-state index in [-0.39, 0.29) is 11.7 Å². The van der Waals surface area contributed by atoms with Crippen molar-refractivity contribution in [2.24, 2.45) is 0 Å². The third-order valence-electron chi connectivity index (χ3n) is 3.75. The van der Waals surface area contributed by atoms with Crippen molar-refractivity contribution in [2.45, 2.75) is 19.4 Å². The maximum atomic E-state index is 12.9. The number of nitrogens with one attached hydrogen (secondary N) is 1. The highest BCUT2D eigenvalue weighted by molar-refractivity contribution is 7.92. The van der Waals surface area contributed by atoms with E-state index in [2.05, 4.69) is 5.32 Å². The van der Waals surface area contributed by atoms with E-state index in [4.69, 9.17) is 4.74 Å². The predicted molar refractivity (Wildman–Crippen MR) is 99.4 cm³/mol. The van der Waals surface area contributed by atoms with Gasteiger partial charge in [0.1, 0.15) is 11.6 Å². The molecule has 8 heteroatoms. The van der Waals surface area contributed by atoms with Crippen LogP contribution in [0.4, 0.5) is 15.8 Å². The Bertz CT molecular complexity index is 852. The van der Waals surface area contributed by atoms with E-state index < -0.39 is 16.1 Å². The Balaban J connectivity index is 2.04. The number of amides is 1. The van der Waals surface area contributed by atoms with Gasteiger partial charge in [0.15, 0.2) is 6.10 Å². The number of nitrogens with zero attached hydrogens (tertiary/aromatic N) is 1. The highest BCUT2D eigenvalue weighted by atomic mass is 32.2. The number of sulfonamides is 1. The number of hydrogen-bond donors (Lipinski definition) is 1. The van der Waals surface area contributed by atoms with Gasteiger partial charge < -0.3 is 10.1 Å². The molecule has 2 aromatic rings. The topological polar surface area (TPSA) is 75.7 Å². The van der Waals surface area contributed by atoms with Gasteiger partial charge in [-0.15, -0.1) is 0 Å². The molecule has 0 aliphatic rings. The Kier molecular flexibility index (Phi) is 6.20. The van der Waals surface area contributed by atoms with Gasteiger partial charge >= 0.3 is 0 Å². The molecule has 2 aromatic carbocycles. The van der Waals surface area contributed by atoms with E-state index in [1.54, 1.807) is 31.2 Å². The number of carbonyl (C=O) groups excluding carboxylic acids is 1. The summed E-state index contributed by atoms with van der Waals surface area (Å²) in [4.78, 5) is 12.3. The summed E-state index contributed by atoms with van der Waals surface area (Å²) in [7, 11) is -1.89. The van der Waals surface area contributed by atoms with Gasteiger partial charge in [0.2, 0.25) is 10.0 Å². The first-order valence-corrected chi connectivity index (χ1v) is 9.82. The maximum Gasteiger partial charge on any atom is 0.265 e. The zero-order chi connectivity index (χ0) is 19.3. The van der Waals surface area contributed by atoms with Gasteiger partial charge in [-0.05, 0) is 55.0 Å². The fraction of sp³-hybridized carbons (Fsp3) is 0.278. The van der Waals surface area contributed by atoms with Gasteiger partial charge in [0.25, 0.3) is 5.91 Å². The first-order valence-electron chi connectivity index (χ1n) is 7.97. The van der Waals surface area contributed by atoms with Crippen LogP contribution in [0.15, 0.2) is 48.5 Å². The molecular weight excluding hydrogens is 359 g/mol. The largest absolute Gasteiger partial charge is 0.481 e. The highest BCUT2D eigenvalue weighted by Crippen LogP contribution is 2.22. The Morgan fingerprint density at radius 3 is 2.23 bits per heavy atom. The molecule has 0 heterocycles. The van der Waals surface area contributed by atoms with Crippen LogP contribution in [0, 0.1) is 5.82 Å². The van der Waals surface area contributed by atoms with Gasteiger partial charge in [-0.1, -0.05) is 6.92 Å². The van der Waals surface area contributed by atoms with Crippen molar-refractivity contribution >= 4 is 27.3 Å². The van der Waals surface area contributed by atoms with Crippen LogP contribution < -0.4 is 14.4 Å². The van der Waals surface area contributed by atoms with Crippen LogP contribution in [0.3, 0.4) is 0 Å². The van der Waals surface area contributed by atoms with Crippen molar-refractivity contribution < 1.29 is 22.3 Å². The first kappa shape index (κ1) is 19.7. The Morgan fingerprint density at radius 1 is 1.15 bits per heavy atom. The van der Waals surface area contributed by atoms with Crippen LogP contribution in [-0.2, 0) is 14.8 Å². The molecule has 0 saturated heterocycles. The zero-order valence-electron chi connectivity index (χ0n) is 14.8. The number of anilines is 2. The van der Waals surface area contributed by atoms with Crippen LogP contribution in [0.5, 0.6) is 5.75 Å². The van der Waals surface area contributed by atoms with Gasteiger partial charge in [-0.2, -0.15) is 0 Å². The van der Waals surface area contributed by atoms with Crippen molar-refractivity contribution in [3.8, 4) is 5.75 Å². The molecule has 2 rings (SSSR count). The predicted octanol–water partition coefficient (Wildman–Crippen LogP) is 3.02. The second kappa shape index (κ2) is 8.18. The molecule has 0 unspecified atom stereocenters. The summed E-state index contributed by atoms with van der Waals surface area (Å²) in [6.07, 6.45) is 0.807. The van der Waals surface area contributed by atoms with Crippen LogP contribution in [0.25, 0.3) is 0 Å². The van der Waals surface area contributed by atoms with Crippen molar-refractivity contribution in [1.82, 2.24) is 0 Å². The molecule has 6 nitrogen and oxygen atoms in total. The number of ether oxygens (including phenoxy) is 1. The molecule has 1 atom stereocenters. The molecule has 0 fully saturated rings. The van der Waals surface area contributed by atoms with E-state index in [0.717, 1.165) is 10.6 Å². The standard InChI is InChI=1S/C18H21FN2O4S/c1-4-17(18(22)20-14-7-5-13(19)6-8-14)25-16-11-9-15(10-12-16)21(2)26(3,23)24/h5-12,17H,4H2,1-3H3,(H,20,22)/t17-/m1/s1. The van der Waals surface area contributed by atoms with E-state index in [1.807, 2.05) is 0 Å². The monoisotopic (exact) mass is 380 g/mol. The van der Waals surface area contributed by atoms with E-state index in [1.165, 1.54) is 31.3 Å². The number of benzene rings is 2. The van der Waals surface area contributed by atoms with Crippen LogP contribution in [0.1, 0.15) is 13.3 Å². The SMILES string of the molecule is CC[C@@H](Oc1ccc(N(C)S(C)(=O)=O)cc1)C(=O)Nc1ccc(F)cc1. The molecule has 0 spiro atoms. The van der Waals surface area contributed by atoms with Gasteiger partial charge in [0.05, 0.1) is 11.9 Å². The minimum Gasteiger partial charge on any atom is -0.481 e. The Morgan fingerprint density at radius 2 is 1.73 bits per heavy atom. The molecule has 0 aliphatic carbocycles. The normalized spacial score (nSPS) is 12.3. The molecule has 0 radical (unpaired) electrons. The van der Waals surface area contributed by atoms with E-state index >= 15 is 0 Å². The molecule has 0 aromatic heterocycles. The lowest BCUT2D eigenvalue weighted by molar-refractivity contribution is -0.122. The highest BCUT2D eigenvalue weighted by Gasteiger charge is 2.19. The minimum absolute atomic E-state index is 0.351. The minimum atomic E-state index is -3.35. The third kappa shape index (κ3) is 5.19. The lowest BCUT2D eigenvalue weighted by Gasteiger charge is -2.19. The third-order valence-corrected chi connectivity index (χ3v) is 4.96. The van der Waals surface area contributed by atoms with Gasteiger partial charge in [-0.25, -0.2) is 12.8 Å². The summed E-state index contributed by atoms with van der Waals surface area (Å²) in [6, 6.07) is 11.9. The second-order valence-electron chi connectivity index (χ2n) is 5.74. The van der Waals surface area contributed by atoms with Crippen molar-refractivity contribution in [3.05, 3.63) is 54.3 Å². The molecule has 1 amide bonds. The zero-order valence-corrected chi connectivity index (χ0v) is 15.6. The van der Waals surface area contributed by atoms with Gasteiger partial charge in [0, 0.05) is 12.7 Å². The van der Waals surface area contributed by atoms with E-state index in [9.17, 15) is 17.6 Å². The second-order valence-corrected chi connectivity index (χ2v) is 7.75. The smallest absolute Gasteiger partial charge is 0.265 e. The molecule has 1 N–H and O–H groups in total. The summed E-state index contributed by atoms with van der Waals surface area (Å²) >= 11 is 0. The van der Waals surface area contributed by atoms with Crippen LogP contribution in [-0.4, -0.2) is 33.7 Å². The fourth-order valence-corrected chi connectivity index (χ4v) is 2.67. The summed E-state index contributed by atoms with van der Waals surface area (Å²) in [5, 5.41) is 2.67. The number of hydrogen-bond acceptors (Lipinski definition) is 4. The quantitative estimate of drug-likeness (QED) is 0.801. The number of rotatable bonds is 7. The lowest BCUT2D eigenvalue weighted by Crippen LogP contribution is -2.32. The van der Waals surface area contributed by atoms with Crippen molar-refractivity contribution in [2.75, 3.05) is 22.9 Å². The molecule has 0 bridgehead atoms. The fourth-order valence-electron chi connectivity index (χ4n) is 2.17. The number of halogens is 1. The Hall–Kier alpha value is -2.61.